The van der Waals surface area contributed by atoms with Crippen molar-refractivity contribution in [2.75, 3.05) is 17.2 Å². The first-order chi connectivity index (χ1) is 10.1. The molecule has 6 heteroatoms. The summed E-state index contributed by atoms with van der Waals surface area (Å²) in [5.41, 5.74) is 1.46. The summed E-state index contributed by atoms with van der Waals surface area (Å²) in [5, 5.41) is 15.0. The number of aromatic nitrogens is 2. The molecule has 1 heterocycles. The summed E-state index contributed by atoms with van der Waals surface area (Å²) in [6, 6.07) is 6.09. The first kappa shape index (κ1) is 14.7. The number of hydrogen-bond acceptors (Lipinski definition) is 5. The molecule has 0 bridgehead atoms. The Morgan fingerprint density at radius 1 is 1.38 bits per heavy atom. The first-order valence-electron chi connectivity index (χ1n) is 6.68. The Balaban J connectivity index is 2.24. The second kappa shape index (κ2) is 6.66. The number of hydrogen-bond donors (Lipinski definition) is 2. The summed E-state index contributed by atoms with van der Waals surface area (Å²) in [7, 11) is 0. The maximum Gasteiger partial charge on any atom is 0.224 e. The normalized spacial score (nSPS) is 10.0. The molecule has 0 unspecified atom stereocenters. The third-order valence-electron chi connectivity index (χ3n) is 2.85. The van der Waals surface area contributed by atoms with E-state index in [9.17, 15) is 4.39 Å². The van der Waals surface area contributed by atoms with Gasteiger partial charge in [-0.3, -0.25) is 0 Å². The van der Waals surface area contributed by atoms with Gasteiger partial charge < -0.3 is 10.6 Å². The lowest BCUT2D eigenvalue weighted by atomic mass is 10.2. The highest BCUT2D eigenvalue weighted by molar-refractivity contribution is 5.61. The van der Waals surface area contributed by atoms with E-state index in [0.29, 0.717) is 17.5 Å². The number of nitriles is 1. The van der Waals surface area contributed by atoms with Crippen molar-refractivity contribution < 1.29 is 4.39 Å². The smallest absolute Gasteiger partial charge is 0.224 e. The lowest BCUT2D eigenvalue weighted by molar-refractivity contribution is 0.624. The molecule has 5 nitrogen and oxygen atoms in total. The van der Waals surface area contributed by atoms with E-state index in [4.69, 9.17) is 5.26 Å². The zero-order chi connectivity index (χ0) is 15.2. The molecule has 2 rings (SSSR count). The molecule has 1 aromatic heterocycles. The van der Waals surface area contributed by atoms with Gasteiger partial charge in [-0.25, -0.2) is 9.37 Å². The number of halogens is 1. The van der Waals surface area contributed by atoms with E-state index < -0.39 is 5.82 Å². The number of nitrogens with zero attached hydrogens (tertiary/aromatic N) is 3. The van der Waals surface area contributed by atoms with E-state index in [1.54, 1.807) is 12.3 Å². The highest BCUT2D eigenvalue weighted by Gasteiger charge is 2.07. The van der Waals surface area contributed by atoms with Crippen LogP contribution in [0.3, 0.4) is 0 Å². The summed E-state index contributed by atoms with van der Waals surface area (Å²) < 4.78 is 13.3. The lowest BCUT2D eigenvalue weighted by Gasteiger charge is -2.11. The van der Waals surface area contributed by atoms with Crippen molar-refractivity contribution >= 4 is 17.5 Å². The quantitative estimate of drug-likeness (QED) is 0.881. The fourth-order valence-corrected chi connectivity index (χ4v) is 1.72. The van der Waals surface area contributed by atoms with Crippen LogP contribution < -0.4 is 10.6 Å². The van der Waals surface area contributed by atoms with Crippen molar-refractivity contribution in [3.8, 4) is 6.07 Å². The van der Waals surface area contributed by atoms with Gasteiger partial charge in [0, 0.05) is 24.0 Å². The van der Waals surface area contributed by atoms with Crippen molar-refractivity contribution in [3.05, 3.63) is 41.3 Å². The fourth-order valence-electron chi connectivity index (χ4n) is 1.72. The van der Waals surface area contributed by atoms with Crippen molar-refractivity contribution in [1.29, 1.82) is 5.26 Å². The molecule has 0 saturated heterocycles. The van der Waals surface area contributed by atoms with Crippen LogP contribution in [0.4, 0.5) is 21.8 Å². The van der Waals surface area contributed by atoms with Crippen molar-refractivity contribution in [3.63, 3.8) is 0 Å². The zero-order valence-corrected chi connectivity index (χ0v) is 11.9. The maximum atomic E-state index is 13.3. The summed E-state index contributed by atoms with van der Waals surface area (Å²) in [5.74, 6) is 0.624. The third-order valence-corrected chi connectivity index (χ3v) is 2.85. The highest BCUT2D eigenvalue weighted by Crippen LogP contribution is 2.21. The minimum atomic E-state index is -0.534. The molecule has 0 aliphatic heterocycles. The monoisotopic (exact) mass is 285 g/mol. The van der Waals surface area contributed by atoms with Crippen molar-refractivity contribution in [1.82, 2.24) is 9.97 Å². The Morgan fingerprint density at radius 3 is 2.90 bits per heavy atom. The minimum absolute atomic E-state index is 0.00367. The van der Waals surface area contributed by atoms with Crippen LogP contribution in [-0.4, -0.2) is 16.5 Å². The van der Waals surface area contributed by atoms with Gasteiger partial charge in [0.25, 0.3) is 0 Å². The average molecular weight is 285 g/mol. The van der Waals surface area contributed by atoms with Crippen molar-refractivity contribution in [2.45, 2.75) is 20.3 Å². The van der Waals surface area contributed by atoms with E-state index in [-0.39, 0.29) is 5.56 Å². The van der Waals surface area contributed by atoms with E-state index in [0.717, 1.165) is 18.5 Å². The number of aryl methyl sites for hydroxylation is 1. The Bertz CT molecular complexity index is 678. The number of anilines is 3. The number of nitrogens with one attached hydrogen (secondary N) is 2. The second-order valence-electron chi connectivity index (χ2n) is 4.58. The maximum absolute atomic E-state index is 13.3. The van der Waals surface area contributed by atoms with Gasteiger partial charge in [0.1, 0.15) is 17.7 Å². The lowest BCUT2D eigenvalue weighted by Crippen LogP contribution is -2.07. The summed E-state index contributed by atoms with van der Waals surface area (Å²) in [4.78, 5) is 8.56. The van der Waals surface area contributed by atoms with Gasteiger partial charge in [0.2, 0.25) is 5.95 Å². The molecule has 2 aromatic rings. The van der Waals surface area contributed by atoms with E-state index in [2.05, 4.69) is 27.5 Å². The predicted octanol–water partition coefficient (Wildman–Crippen LogP) is 3.36. The Hall–Kier alpha value is -2.68. The Labute approximate surface area is 122 Å². The van der Waals surface area contributed by atoms with Gasteiger partial charge in [0.15, 0.2) is 0 Å². The van der Waals surface area contributed by atoms with Crippen LogP contribution in [0, 0.1) is 24.1 Å². The van der Waals surface area contributed by atoms with Gasteiger partial charge in [-0.1, -0.05) is 6.92 Å². The van der Waals surface area contributed by atoms with Gasteiger partial charge in [-0.2, -0.15) is 10.2 Å². The SMILES string of the molecule is CCCNc1ncc(C)c(Nc2ccc(F)c(C#N)c2)n1. The summed E-state index contributed by atoms with van der Waals surface area (Å²) in [6.07, 6.45) is 2.69. The average Bonchev–Trinajstić information content (AvgIpc) is 2.50. The van der Waals surface area contributed by atoms with Crippen LogP contribution in [0.25, 0.3) is 0 Å². The van der Waals surface area contributed by atoms with Crippen LogP contribution in [0.1, 0.15) is 24.5 Å². The topological polar surface area (TPSA) is 73.6 Å². The van der Waals surface area contributed by atoms with E-state index in [1.807, 2.05) is 13.0 Å². The fraction of sp³-hybridized carbons (Fsp3) is 0.267. The molecule has 0 spiro atoms. The molecule has 1 aromatic carbocycles. The molecule has 0 saturated carbocycles. The van der Waals surface area contributed by atoms with Crippen LogP contribution in [0.5, 0.6) is 0 Å². The standard InChI is InChI=1S/C15H16FN5/c1-3-6-18-15-19-9-10(2)14(21-15)20-12-4-5-13(16)11(7-12)8-17/h4-5,7,9H,3,6H2,1-2H3,(H2,18,19,20,21). The zero-order valence-electron chi connectivity index (χ0n) is 11.9. The van der Waals surface area contributed by atoms with Gasteiger partial charge >= 0.3 is 0 Å². The van der Waals surface area contributed by atoms with Crippen LogP contribution in [0.15, 0.2) is 24.4 Å². The molecular weight excluding hydrogens is 269 g/mol. The first-order valence-corrected chi connectivity index (χ1v) is 6.68. The summed E-state index contributed by atoms with van der Waals surface area (Å²) in [6.45, 7) is 4.72. The molecule has 0 fully saturated rings. The Morgan fingerprint density at radius 2 is 2.19 bits per heavy atom. The molecule has 0 aliphatic carbocycles. The van der Waals surface area contributed by atoms with Crippen LogP contribution in [0.2, 0.25) is 0 Å². The number of rotatable bonds is 5. The predicted molar refractivity (Wildman–Crippen MR) is 79.9 cm³/mol. The molecule has 0 radical (unpaired) electrons. The van der Waals surface area contributed by atoms with Gasteiger partial charge in [0.05, 0.1) is 5.56 Å². The molecule has 2 N–H and O–H groups in total. The number of benzene rings is 1. The van der Waals surface area contributed by atoms with E-state index >= 15 is 0 Å². The largest absolute Gasteiger partial charge is 0.354 e. The van der Waals surface area contributed by atoms with E-state index in [1.165, 1.54) is 12.1 Å². The molecule has 21 heavy (non-hydrogen) atoms. The van der Waals surface area contributed by atoms with Crippen molar-refractivity contribution in [2.24, 2.45) is 0 Å². The molecular formula is C15H16FN5. The van der Waals surface area contributed by atoms with Gasteiger partial charge in [-0.05, 0) is 31.5 Å². The Kier molecular flexibility index (Phi) is 4.67. The molecule has 0 amide bonds. The van der Waals surface area contributed by atoms with Gasteiger partial charge in [-0.15, -0.1) is 0 Å². The molecule has 0 aliphatic rings. The summed E-state index contributed by atoms with van der Waals surface area (Å²) >= 11 is 0. The molecule has 0 atom stereocenters. The van der Waals surface area contributed by atoms with Crippen LogP contribution in [-0.2, 0) is 0 Å². The molecule has 108 valence electrons. The third kappa shape index (κ3) is 3.66. The minimum Gasteiger partial charge on any atom is -0.354 e. The second-order valence-corrected chi connectivity index (χ2v) is 4.58. The van der Waals surface area contributed by atoms with Crippen LogP contribution >= 0.6 is 0 Å². The highest BCUT2D eigenvalue weighted by atomic mass is 19.1.